The largest absolute Gasteiger partial charge is 0.481 e. The first-order chi connectivity index (χ1) is 12.0. The fraction of sp³-hybridized carbons (Fsp3) is 0.421. The van der Waals surface area contributed by atoms with Crippen LogP contribution in [0.5, 0.6) is 0 Å². The summed E-state index contributed by atoms with van der Waals surface area (Å²) in [6.07, 6.45) is 3.27. The highest BCUT2D eigenvalue weighted by molar-refractivity contribution is 5.98. The van der Waals surface area contributed by atoms with Crippen LogP contribution in [0.2, 0.25) is 0 Å². The van der Waals surface area contributed by atoms with Crippen molar-refractivity contribution >= 4 is 22.8 Å². The lowest BCUT2D eigenvalue weighted by atomic mass is 9.96. The minimum atomic E-state index is -0.844. The van der Waals surface area contributed by atoms with Crippen LogP contribution in [0, 0.1) is 12.7 Å². The molecule has 132 valence electrons. The van der Waals surface area contributed by atoms with Crippen molar-refractivity contribution in [3.05, 3.63) is 41.3 Å². The van der Waals surface area contributed by atoms with Crippen molar-refractivity contribution in [2.45, 2.75) is 45.1 Å². The van der Waals surface area contributed by atoms with Crippen LogP contribution in [0.1, 0.15) is 48.2 Å². The average Bonchev–Trinajstić information content (AvgIpc) is 2.59. The molecule has 0 spiro atoms. The number of rotatable bonds is 4. The Morgan fingerprint density at radius 2 is 2.12 bits per heavy atom. The minimum Gasteiger partial charge on any atom is -0.481 e. The summed E-state index contributed by atoms with van der Waals surface area (Å²) in [6, 6.07) is 6.02. The molecule has 0 unspecified atom stereocenters. The second-order valence-electron chi connectivity index (χ2n) is 6.54. The summed E-state index contributed by atoms with van der Waals surface area (Å²) in [7, 11) is 0. The minimum absolute atomic E-state index is 0.0549. The van der Waals surface area contributed by atoms with Gasteiger partial charge in [0.1, 0.15) is 5.82 Å². The van der Waals surface area contributed by atoms with Gasteiger partial charge < -0.3 is 10.0 Å². The fourth-order valence-corrected chi connectivity index (χ4v) is 3.47. The van der Waals surface area contributed by atoms with Gasteiger partial charge >= 0.3 is 5.97 Å². The molecule has 0 aliphatic carbocycles. The third-order valence-corrected chi connectivity index (χ3v) is 4.78. The molecule has 1 N–H and O–H groups in total. The average molecular weight is 344 g/mol. The van der Waals surface area contributed by atoms with Gasteiger partial charge in [0.05, 0.1) is 16.8 Å². The van der Waals surface area contributed by atoms with Crippen molar-refractivity contribution in [1.29, 1.82) is 0 Å². The topological polar surface area (TPSA) is 70.5 Å². The summed E-state index contributed by atoms with van der Waals surface area (Å²) in [5.74, 6) is -1.32. The lowest BCUT2D eigenvalue weighted by molar-refractivity contribution is -0.137. The number of carboxylic acids is 1. The fourth-order valence-electron chi connectivity index (χ4n) is 3.47. The monoisotopic (exact) mass is 344 g/mol. The van der Waals surface area contributed by atoms with Crippen molar-refractivity contribution in [3.63, 3.8) is 0 Å². The Kier molecular flexibility index (Phi) is 4.97. The van der Waals surface area contributed by atoms with Gasteiger partial charge in [-0.25, -0.2) is 4.39 Å². The normalized spacial score (nSPS) is 17.7. The van der Waals surface area contributed by atoms with Crippen molar-refractivity contribution in [2.24, 2.45) is 0 Å². The van der Waals surface area contributed by atoms with Gasteiger partial charge in [-0.05, 0) is 50.8 Å². The SMILES string of the molecule is Cc1nc2cc(F)ccc2cc1C(=O)N1CCCC[C@@H]1CCC(=O)O. The molecule has 25 heavy (non-hydrogen) atoms. The highest BCUT2D eigenvalue weighted by Crippen LogP contribution is 2.25. The van der Waals surface area contributed by atoms with Gasteiger partial charge in [0.15, 0.2) is 0 Å². The molecule has 6 heteroatoms. The molecule has 2 heterocycles. The molecule has 1 aromatic carbocycles. The summed E-state index contributed by atoms with van der Waals surface area (Å²) < 4.78 is 13.4. The smallest absolute Gasteiger partial charge is 0.303 e. The second-order valence-corrected chi connectivity index (χ2v) is 6.54. The summed E-state index contributed by atoms with van der Waals surface area (Å²) in [4.78, 5) is 30.1. The molecule has 2 aromatic rings. The molecule has 1 fully saturated rings. The zero-order chi connectivity index (χ0) is 18.0. The zero-order valence-corrected chi connectivity index (χ0v) is 14.2. The maximum atomic E-state index is 13.4. The first-order valence-electron chi connectivity index (χ1n) is 8.55. The predicted molar refractivity (Wildman–Crippen MR) is 92.0 cm³/mol. The third-order valence-electron chi connectivity index (χ3n) is 4.78. The van der Waals surface area contributed by atoms with Crippen LogP contribution >= 0.6 is 0 Å². The molecule has 0 radical (unpaired) electrons. The molecule has 1 amide bonds. The molecule has 3 rings (SSSR count). The van der Waals surface area contributed by atoms with Gasteiger partial charge in [0.25, 0.3) is 5.91 Å². The first-order valence-corrected chi connectivity index (χ1v) is 8.55. The van der Waals surface area contributed by atoms with Crippen molar-refractivity contribution in [1.82, 2.24) is 9.88 Å². The zero-order valence-electron chi connectivity index (χ0n) is 14.2. The number of fused-ring (bicyclic) bond motifs is 1. The van der Waals surface area contributed by atoms with E-state index in [0.717, 1.165) is 24.6 Å². The van der Waals surface area contributed by atoms with E-state index in [0.29, 0.717) is 29.7 Å². The molecule has 0 bridgehead atoms. The van der Waals surface area contributed by atoms with Crippen LogP contribution in [-0.2, 0) is 4.79 Å². The number of amides is 1. The van der Waals surface area contributed by atoms with E-state index in [2.05, 4.69) is 4.98 Å². The summed E-state index contributed by atoms with van der Waals surface area (Å²) >= 11 is 0. The second kappa shape index (κ2) is 7.17. The molecule has 1 atom stereocenters. The highest BCUT2D eigenvalue weighted by atomic mass is 19.1. The molecular formula is C19H21FN2O3. The Morgan fingerprint density at radius 3 is 2.88 bits per heavy atom. The quantitative estimate of drug-likeness (QED) is 0.921. The Labute approximate surface area is 145 Å². The maximum absolute atomic E-state index is 13.4. The number of benzene rings is 1. The van der Waals surface area contributed by atoms with Gasteiger partial charge in [-0.2, -0.15) is 0 Å². The number of hydrogen-bond donors (Lipinski definition) is 1. The number of aromatic nitrogens is 1. The molecule has 1 aliphatic heterocycles. The van der Waals surface area contributed by atoms with Gasteiger partial charge in [-0.1, -0.05) is 0 Å². The predicted octanol–water partition coefficient (Wildman–Crippen LogP) is 3.54. The number of pyridine rings is 1. The van der Waals surface area contributed by atoms with Gasteiger partial charge in [0.2, 0.25) is 0 Å². The van der Waals surface area contributed by atoms with Gasteiger partial charge in [0, 0.05) is 30.5 Å². The number of hydrogen-bond acceptors (Lipinski definition) is 3. The van der Waals surface area contributed by atoms with E-state index < -0.39 is 5.97 Å². The Morgan fingerprint density at radius 1 is 1.32 bits per heavy atom. The first kappa shape index (κ1) is 17.3. The van der Waals surface area contributed by atoms with E-state index in [1.54, 1.807) is 24.0 Å². The number of likely N-dealkylation sites (tertiary alicyclic amines) is 1. The van der Waals surface area contributed by atoms with Crippen molar-refractivity contribution in [2.75, 3.05) is 6.54 Å². The van der Waals surface area contributed by atoms with Crippen LogP contribution < -0.4 is 0 Å². The molecular weight excluding hydrogens is 323 g/mol. The van der Waals surface area contributed by atoms with Crippen LogP contribution in [0.3, 0.4) is 0 Å². The lowest BCUT2D eigenvalue weighted by Gasteiger charge is -2.36. The number of nitrogens with zero attached hydrogens (tertiary/aromatic N) is 2. The van der Waals surface area contributed by atoms with E-state index in [1.165, 1.54) is 12.1 Å². The number of carbonyl (C=O) groups is 2. The van der Waals surface area contributed by atoms with Gasteiger partial charge in [-0.3, -0.25) is 14.6 Å². The van der Waals surface area contributed by atoms with Crippen LogP contribution in [0.4, 0.5) is 4.39 Å². The van der Waals surface area contributed by atoms with Crippen LogP contribution in [0.15, 0.2) is 24.3 Å². The highest BCUT2D eigenvalue weighted by Gasteiger charge is 2.29. The molecule has 1 saturated heterocycles. The number of piperidine rings is 1. The third kappa shape index (κ3) is 3.78. The number of aryl methyl sites for hydroxylation is 1. The number of carboxylic acid groups (broad SMARTS) is 1. The van der Waals surface area contributed by atoms with E-state index in [4.69, 9.17) is 5.11 Å². The number of aliphatic carboxylic acids is 1. The molecule has 1 aliphatic rings. The Balaban J connectivity index is 1.90. The van der Waals surface area contributed by atoms with Crippen molar-refractivity contribution in [3.8, 4) is 0 Å². The maximum Gasteiger partial charge on any atom is 0.303 e. The van der Waals surface area contributed by atoms with E-state index in [1.807, 2.05) is 0 Å². The van der Waals surface area contributed by atoms with Crippen LogP contribution in [-0.4, -0.2) is 39.5 Å². The number of carbonyl (C=O) groups excluding carboxylic acids is 1. The van der Waals surface area contributed by atoms with E-state index in [9.17, 15) is 14.0 Å². The van der Waals surface area contributed by atoms with Crippen molar-refractivity contribution < 1.29 is 19.1 Å². The summed E-state index contributed by atoms with van der Waals surface area (Å²) in [5.41, 5.74) is 1.59. The lowest BCUT2D eigenvalue weighted by Crippen LogP contribution is -2.44. The summed E-state index contributed by atoms with van der Waals surface area (Å²) in [6.45, 7) is 2.37. The molecule has 5 nitrogen and oxygen atoms in total. The van der Waals surface area contributed by atoms with E-state index in [-0.39, 0.29) is 24.2 Å². The molecule has 1 aromatic heterocycles. The standard InChI is InChI=1S/C19H21FN2O3/c1-12-16(10-13-5-6-14(20)11-17(13)21-12)19(25)22-9-3-2-4-15(22)7-8-18(23)24/h5-6,10-11,15H,2-4,7-9H2,1H3,(H,23,24)/t15-/m1/s1. The van der Waals surface area contributed by atoms with Gasteiger partial charge in [-0.15, -0.1) is 0 Å². The molecule has 0 saturated carbocycles. The van der Waals surface area contributed by atoms with Crippen LogP contribution in [0.25, 0.3) is 10.9 Å². The van der Waals surface area contributed by atoms with E-state index >= 15 is 0 Å². The Hall–Kier alpha value is -2.50. The Bertz CT molecular complexity index is 822. The number of halogens is 1. The summed E-state index contributed by atoms with van der Waals surface area (Å²) in [5, 5.41) is 9.64.